The zero-order valence-corrected chi connectivity index (χ0v) is 9.52. The van der Waals surface area contributed by atoms with E-state index >= 15 is 0 Å². The van der Waals surface area contributed by atoms with Crippen LogP contribution in [0.15, 0.2) is 0 Å². The highest BCUT2D eigenvalue weighted by Gasteiger charge is 2.36. The van der Waals surface area contributed by atoms with Gasteiger partial charge in [-0.05, 0) is 25.2 Å². The molecule has 15 heavy (non-hydrogen) atoms. The van der Waals surface area contributed by atoms with Crippen molar-refractivity contribution in [3.63, 3.8) is 0 Å². The lowest BCUT2D eigenvalue weighted by molar-refractivity contribution is -0.146. The molecule has 1 aliphatic heterocycles. The lowest BCUT2D eigenvalue weighted by Crippen LogP contribution is -2.43. The fraction of sp³-hybridized carbons (Fsp3) is 0.909. The van der Waals surface area contributed by atoms with Crippen LogP contribution in [0.2, 0.25) is 0 Å². The summed E-state index contributed by atoms with van der Waals surface area (Å²) in [6, 6.07) is -0.526. The van der Waals surface area contributed by atoms with Crippen molar-refractivity contribution in [1.82, 2.24) is 4.90 Å². The van der Waals surface area contributed by atoms with Gasteiger partial charge in [-0.3, -0.25) is 9.69 Å². The van der Waals surface area contributed by atoms with Crippen LogP contribution in [0.3, 0.4) is 0 Å². The monoisotopic (exact) mass is 215 g/mol. The minimum atomic E-state index is -0.825. The summed E-state index contributed by atoms with van der Waals surface area (Å²) >= 11 is 0. The zero-order valence-electron chi connectivity index (χ0n) is 9.52. The van der Waals surface area contributed by atoms with Gasteiger partial charge in [0.15, 0.2) is 0 Å². The van der Waals surface area contributed by atoms with E-state index in [-0.39, 0.29) is 0 Å². The van der Waals surface area contributed by atoms with Crippen LogP contribution in [0.25, 0.3) is 0 Å². The van der Waals surface area contributed by atoms with E-state index in [1.54, 1.807) is 4.90 Å². The minimum Gasteiger partial charge on any atom is -0.480 e. The van der Waals surface area contributed by atoms with E-state index in [1.165, 1.54) is 0 Å². The Labute approximate surface area is 90.9 Å². The Hall–Kier alpha value is -0.610. The second-order valence-corrected chi connectivity index (χ2v) is 4.33. The summed E-state index contributed by atoms with van der Waals surface area (Å²) in [6.07, 6.45) is 2.87. The molecule has 1 unspecified atom stereocenters. The second kappa shape index (κ2) is 5.47. The van der Waals surface area contributed by atoms with Gasteiger partial charge < -0.3 is 10.2 Å². The SMILES string of the molecule is CCC[C@@H]1CC(O)N([C@@H](CC)C(=O)O)C1. The number of likely N-dealkylation sites (tertiary alicyclic amines) is 1. The number of carboxylic acid groups (broad SMARTS) is 1. The van der Waals surface area contributed by atoms with Crippen molar-refractivity contribution in [3.8, 4) is 0 Å². The average molecular weight is 215 g/mol. The topological polar surface area (TPSA) is 60.8 Å². The molecular weight excluding hydrogens is 194 g/mol. The third kappa shape index (κ3) is 2.92. The van der Waals surface area contributed by atoms with Crippen molar-refractivity contribution in [3.05, 3.63) is 0 Å². The summed E-state index contributed by atoms with van der Waals surface area (Å²) in [6.45, 7) is 4.68. The number of hydrogen-bond acceptors (Lipinski definition) is 3. The van der Waals surface area contributed by atoms with E-state index in [9.17, 15) is 9.90 Å². The largest absolute Gasteiger partial charge is 0.480 e. The number of carbonyl (C=O) groups is 1. The van der Waals surface area contributed by atoms with Crippen molar-refractivity contribution in [2.24, 2.45) is 5.92 Å². The van der Waals surface area contributed by atoms with E-state index < -0.39 is 18.2 Å². The summed E-state index contributed by atoms with van der Waals surface area (Å²) in [7, 11) is 0. The maximum atomic E-state index is 11.0. The number of carboxylic acids is 1. The van der Waals surface area contributed by atoms with E-state index in [0.717, 1.165) is 25.8 Å². The molecule has 2 N–H and O–H groups in total. The molecule has 0 aromatic heterocycles. The van der Waals surface area contributed by atoms with Gasteiger partial charge in [-0.15, -0.1) is 0 Å². The van der Waals surface area contributed by atoms with Gasteiger partial charge >= 0.3 is 5.97 Å². The Kier molecular flexibility index (Phi) is 4.54. The van der Waals surface area contributed by atoms with Gasteiger partial charge in [0.2, 0.25) is 0 Å². The minimum absolute atomic E-state index is 0.457. The van der Waals surface area contributed by atoms with E-state index in [4.69, 9.17) is 5.11 Å². The number of rotatable bonds is 5. The Morgan fingerprint density at radius 2 is 2.20 bits per heavy atom. The van der Waals surface area contributed by atoms with E-state index in [0.29, 0.717) is 12.3 Å². The van der Waals surface area contributed by atoms with Crippen molar-refractivity contribution < 1.29 is 15.0 Å². The molecule has 0 aromatic rings. The highest BCUT2D eigenvalue weighted by atomic mass is 16.4. The summed E-state index contributed by atoms with van der Waals surface area (Å²) in [5, 5.41) is 18.8. The first-order valence-electron chi connectivity index (χ1n) is 5.76. The fourth-order valence-corrected chi connectivity index (χ4v) is 2.43. The van der Waals surface area contributed by atoms with Gasteiger partial charge in [-0.25, -0.2) is 0 Å². The predicted molar refractivity (Wildman–Crippen MR) is 57.4 cm³/mol. The summed E-state index contributed by atoms with van der Waals surface area (Å²) in [5.74, 6) is -0.368. The molecule has 0 radical (unpaired) electrons. The molecule has 88 valence electrons. The zero-order chi connectivity index (χ0) is 11.4. The highest BCUT2D eigenvalue weighted by Crippen LogP contribution is 2.27. The van der Waals surface area contributed by atoms with Gasteiger partial charge in [-0.1, -0.05) is 20.3 Å². The van der Waals surface area contributed by atoms with Crippen LogP contribution in [0.1, 0.15) is 39.5 Å². The van der Waals surface area contributed by atoms with Crippen LogP contribution >= 0.6 is 0 Å². The molecule has 1 fully saturated rings. The van der Waals surface area contributed by atoms with Crippen LogP contribution in [-0.4, -0.2) is 39.9 Å². The first-order valence-corrected chi connectivity index (χ1v) is 5.76. The van der Waals surface area contributed by atoms with Gasteiger partial charge in [0.1, 0.15) is 12.3 Å². The van der Waals surface area contributed by atoms with Gasteiger partial charge in [0.05, 0.1) is 0 Å². The molecule has 0 aromatic carbocycles. The summed E-state index contributed by atoms with van der Waals surface area (Å²) in [5.41, 5.74) is 0. The molecule has 1 saturated heterocycles. The van der Waals surface area contributed by atoms with Crippen molar-refractivity contribution in [1.29, 1.82) is 0 Å². The Morgan fingerprint density at radius 1 is 1.53 bits per heavy atom. The number of aliphatic carboxylic acids is 1. The highest BCUT2D eigenvalue weighted by molar-refractivity contribution is 5.73. The molecule has 4 nitrogen and oxygen atoms in total. The second-order valence-electron chi connectivity index (χ2n) is 4.33. The first kappa shape index (κ1) is 12.5. The lowest BCUT2D eigenvalue weighted by Gasteiger charge is -2.26. The van der Waals surface area contributed by atoms with Crippen molar-refractivity contribution in [2.75, 3.05) is 6.54 Å². The molecule has 0 aliphatic carbocycles. The number of aliphatic hydroxyl groups is 1. The molecule has 0 saturated carbocycles. The van der Waals surface area contributed by atoms with E-state index in [1.807, 2.05) is 6.92 Å². The normalized spacial score (nSPS) is 29.3. The standard InChI is InChI=1S/C11H21NO3/c1-3-5-8-6-10(13)12(7-8)9(4-2)11(14)15/h8-10,13H,3-7H2,1-2H3,(H,14,15)/t8-,9+,10?/m1/s1. The van der Waals surface area contributed by atoms with Gasteiger partial charge in [0, 0.05) is 6.54 Å². The van der Waals surface area contributed by atoms with Crippen LogP contribution in [0.4, 0.5) is 0 Å². The molecule has 4 heteroatoms. The molecule has 1 rings (SSSR count). The maximum absolute atomic E-state index is 11.0. The third-order valence-corrected chi connectivity index (χ3v) is 3.17. The fourth-order valence-electron chi connectivity index (χ4n) is 2.43. The first-order chi connectivity index (χ1) is 7.10. The number of hydrogen-bond donors (Lipinski definition) is 2. The Bertz CT molecular complexity index is 220. The van der Waals surface area contributed by atoms with Crippen LogP contribution < -0.4 is 0 Å². The third-order valence-electron chi connectivity index (χ3n) is 3.17. The quantitative estimate of drug-likeness (QED) is 0.725. The van der Waals surface area contributed by atoms with Crippen molar-refractivity contribution >= 4 is 5.97 Å². The van der Waals surface area contributed by atoms with Gasteiger partial charge in [0.25, 0.3) is 0 Å². The number of nitrogens with zero attached hydrogens (tertiary/aromatic N) is 1. The van der Waals surface area contributed by atoms with Gasteiger partial charge in [-0.2, -0.15) is 0 Å². The van der Waals surface area contributed by atoms with Crippen molar-refractivity contribution in [2.45, 2.75) is 51.8 Å². The van der Waals surface area contributed by atoms with Crippen LogP contribution in [-0.2, 0) is 4.79 Å². The Balaban J connectivity index is 2.58. The predicted octanol–water partition coefficient (Wildman–Crippen LogP) is 1.29. The summed E-state index contributed by atoms with van der Waals surface area (Å²) < 4.78 is 0. The maximum Gasteiger partial charge on any atom is 0.320 e. The molecule has 0 amide bonds. The average Bonchev–Trinajstić information content (AvgIpc) is 2.49. The van der Waals surface area contributed by atoms with Crippen LogP contribution in [0, 0.1) is 5.92 Å². The molecule has 1 aliphatic rings. The van der Waals surface area contributed by atoms with Crippen LogP contribution in [0.5, 0.6) is 0 Å². The summed E-state index contributed by atoms with van der Waals surface area (Å²) in [4.78, 5) is 12.7. The molecule has 1 heterocycles. The Morgan fingerprint density at radius 3 is 2.67 bits per heavy atom. The smallest absolute Gasteiger partial charge is 0.320 e. The molecule has 0 bridgehead atoms. The van der Waals surface area contributed by atoms with E-state index in [2.05, 4.69) is 6.92 Å². The lowest BCUT2D eigenvalue weighted by atomic mass is 10.0. The molecule has 3 atom stereocenters. The molecule has 0 spiro atoms. The molecular formula is C11H21NO3. The number of aliphatic hydroxyl groups excluding tert-OH is 1.